The summed E-state index contributed by atoms with van der Waals surface area (Å²) in [5.74, 6) is -0.184. The maximum atomic E-state index is 10.6. The summed E-state index contributed by atoms with van der Waals surface area (Å²) in [5.41, 5.74) is -0.137. The highest BCUT2D eigenvalue weighted by atomic mass is 16.6. The Morgan fingerprint density at radius 1 is 1.53 bits per heavy atom. The standard InChI is InChI=1S/C9H7N5O3/c15-8-6(2-1-3-7(8)14(16)17)4-10-9-11-5-12-13-9/h1-5,15H,(H,11,12,13)/b10-4+. The highest BCUT2D eigenvalue weighted by molar-refractivity contribution is 5.86. The van der Waals surface area contributed by atoms with Crippen molar-refractivity contribution < 1.29 is 10.0 Å². The molecule has 17 heavy (non-hydrogen) atoms. The zero-order valence-corrected chi connectivity index (χ0v) is 8.44. The van der Waals surface area contributed by atoms with Gasteiger partial charge in [0.05, 0.1) is 4.92 Å². The SMILES string of the molecule is O=[N+]([O-])c1cccc(/C=N/c2ncn[nH]2)c1O. The van der Waals surface area contributed by atoms with Crippen LogP contribution in [0.25, 0.3) is 0 Å². The molecule has 2 rings (SSSR count). The number of benzene rings is 1. The molecule has 0 saturated heterocycles. The van der Waals surface area contributed by atoms with Crippen LogP contribution in [-0.2, 0) is 0 Å². The number of nitrogens with one attached hydrogen (secondary N) is 1. The van der Waals surface area contributed by atoms with Crippen molar-refractivity contribution in [3.63, 3.8) is 0 Å². The summed E-state index contributed by atoms with van der Waals surface area (Å²) in [7, 11) is 0. The van der Waals surface area contributed by atoms with Crippen molar-refractivity contribution in [3.05, 3.63) is 40.2 Å². The van der Waals surface area contributed by atoms with Crippen LogP contribution in [0.4, 0.5) is 11.6 Å². The number of phenolic OH excluding ortho intramolecular Hbond substituents is 1. The lowest BCUT2D eigenvalue weighted by Crippen LogP contribution is -1.91. The first-order valence-electron chi connectivity index (χ1n) is 4.54. The van der Waals surface area contributed by atoms with Crippen LogP contribution in [-0.4, -0.2) is 31.4 Å². The van der Waals surface area contributed by atoms with E-state index in [4.69, 9.17) is 0 Å². The van der Waals surface area contributed by atoms with Gasteiger partial charge in [0.25, 0.3) is 0 Å². The molecular weight excluding hydrogens is 226 g/mol. The first-order valence-corrected chi connectivity index (χ1v) is 4.54. The van der Waals surface area contributed by atoms with Gasteiger partial charge < -0.3 is 5.11 Å². The van der Waals surface area contributed by atoms with Gasteiger partial charge >= 0.3 is 5.69 Å². The van der Waals surface area contributed by atoms with E-state index in [1.807, 2.05) is 0 Å². The zero-order valence-electron chi connectivity index (χ0n) is 8.44. The summed E-state index contributed by atoms with van der Waals surface area (Å²) in [6, 6.07) is 4.17. The molecule has 0 fully saturated rings. The van der Waals surface area contributed by atoms with Crippen LogP contribution in [0.15, 0.2) is 29.5 Å². The Balaban J connectivity index is 2.34. The molecule has 8 nitrogen and oxygen atoms in total. The van der Waals surface area contributed by atoms with E-state index in [0.29, 0.717) is 0 Å². The highest BCUT2D eigenvalue weighted by Crippen LogP contribution is 2.28. The second-order valence-electron chi connectivity index (χ2n) is 3.04. The highest BCUT2D eigenvalue weighted by Gasteiger charge is 2.14. The quantitative estimate of drug-likeness (QED) is 0.468. The molecule has 0 spiro atoms. The van der Waals surface area contributed by atoms with Gasteiger partial charge in [0.2, 0.25) is 11.7 Å². The van der Waals surface area contributed by atoms with Crippen LogP contribution in [0.5, 0.6) is 5.75 Å². The van der Waals surface area contributed by atoms with E-state index in [1.165, 1.54) is 30.7 Å². The van der Waals surface area contributed by atoms with E-state index in [9.17, 15) is 15.2 Å². The number of H-pyrrole nitrogens is 1. The van der Waals surface area contributed by atoms with Gasteiger partial charge in [-0.1, -0.05) is 6.07 Å². The largest absolute Gasteiger partial charge is 0.502 e. The normalized spacial score (nSPS) is 10.8. The molecule has 0 aliphatic rings. The summed E-state index contributed by atoms with van der Waals surface area (Å²) in [6.45, 7) is 0. The molecule has 0 saturated carbocycles. The molecule has 8 heteroatoms. The van der Waals surface area contributed by atoms with Crippen LogP contribution < -0.4 is 0 Å². The van der Waals surface area contributed by atoms with Crippen LogP contribution in [0.2, 0.25) is 0 Å². The van der Waals surface area contributed by atoms with E-state index in [-0.39, 0.29) is 17.2 Å². The van der Waals surface area contributed by atoms with Gasteiger partial charge in [0, 0.05) is 17.8 Å². The molecule has 0 unspecified atom stereocenters. The first kappa shape index (κ1) is 10.7. The Hall–Kier alpha value is -2.77. The van der Waals surface area contributed by atoms with Crippen LogP contribution in [0.3, 0.4) is 0 Å². The molecule has 0 aliphatic carbocycles. The van der Waals surface area contributed by atoms with Crippen LogP contribution in [0, 0.1) is 10.1 Å². The summed E-state index contributed by atoms with van der Waals surface area (Å²) < 4.78 is 0. The maximum absolute atomic E-state index is 10.6. The minimum atomic E-state index is -0.666. The van der Waals surface area contributed by atoms with Crippen molar-refractivity contribution in [1.82, 2.24) is 15.2 Å². The summed E-state index contributed by atoms with van der Waals surface area (Å²) >= 11 is 0. The minimum absolute atomic E-state index is 0.232. The van der Waals surface area contributed by atoms with E-state index < -0.39 is 10.7 Å². The molecule has 0 bridgehead atoms. The molecule has 86 valence electrons. The predicted molar refractivity (Wildman–Crippen MR) is 58.4 cm³/mol. The Morgan fingerprint density at radius 3 is 3.00 bits per heavy atom. The van der Waals surface area contributed by atoms with Crippen molar-refractivity contribution in [3.8, 4) is 5.75 Å². The van der Waals surface area contributed by atoms with Gasteiger partial charge in [0.1, 0.15) is 6.33 Å². The van der Waals surface area contributed by atoms with Crippen molar-refractivity contribution in [2.24, 2.45) is 4.99 Å². The number of para-hydroxylation sites is 1. The average Bonchev–Trinajstić information content (AvgIpc) is 2.80. The number of nitro benzene ring substituents is 1. The lowest BCUT2D eigenvalue weighted by molar-refractivity contribution is -0.385. The number of aromatic nitrogens is 3. The van der Waals surface area contributed by atoms with Crippen molar-refractivity contribution in [1.29, 1.82) is 0 Å². The smallest absolute Gasteiger partial charge is 0.311 e. The molecule has 0 aliphatic heterocycles. The van der Waals surface area contributed by atoms with E-state index >= 15 is 0 Å². The van der Waals surface area contributed by atoms with E-state index in [2.05, 4.69) is 20.2 Å². The predicted octanol–water partition coefficient (Wildman–Crippen LogP) is 1.17. The van der Waals surface area contributed by atoms with Crippen molar-refractivity contribution in [2.45, 2.75) is 0 Å². The summed E-state index contributed by atoms with van der Waals surface area (Å²) in [5, 5.41) is 26.3. The zero-order chi connectivity index (χ0) is 12.3. The summed E-state index contributed by atoms with van der Waals surface area (Å²) in [4.78, 5) is 17.5. The number of rotatable bonds is 3. The number of nitro groups is 1. The average molecular weight is 233 g/mol. The molecule has 1 heterocycles. The van der Waals surface area contributed by atoms with Gasteiger partial charge in [0.15, 0.2) is 0 Å². The lowest BCUT2D eigenvalue weighted by atomic mass is 10.2. The molecule has 0 atom stereocenters. The van der Waals surface area contributed by atoms with Crippen molar-refractivity contribution >= 4 is 17.9 Å². The molecular formula is C9H7N5O3. The van der Waals surface area contributed by atoms with Crippen LogP contribution in [0.1, 0.15) is 5.56 Å². The van der Waals surface area contributed by atoms with Gasteiger partial charge in [-0.15, -0.1) is 0 Å². The van der Waals surface area contributed by atoms with Gasteiger partial charge in [-0.2, -0.15) is 10.1 Å². The number of nitrogens with zero attached hydrogens (tertiary/aromatic N) is 4. The fraction of sp³-hybridized carbons (Fsp3) is 0. The minimum Gasteiger partial charge on any atom is -0.502 e. The van der Waals surface area contributed by atoms with E-state index in [0.717, 1.165) is 0 Å². The number of aliphatic imine (C=N–C) groups is 1. The summed E-state index contributed by atoms with van der Waals surface area (Å²) in [6.07, 6.45) is 2.54. The van der Waals surface area contributed by atoms with Gasteiger partial charge in [-0.25, -0.2) is 10.1 Å². The number of aromatic hydroxyl groups is 1. The van der Waals surface area contributed by atoms with Gasteiger partial charge in [-0.3, -0.25) is 10.1 Å². The molecule has 0 amide bonds. The third kappa shape index (κ3) is 2.25. The van der Waals surface area contributed by atoms with Crippen molar-refractivity contribution in [2.75, 3.05) is 0 Å². The number of phenols is 1. The Kier molecular flexibility index (Phi) is 2.77. The Morgan fingerprint density at radius 2 is 2.35 bits per heavy atom. The van der Waals surface area contributed by atoms with Gasteiger partial charge in [-0.05, 0) is 6.07 Å². The maximum Gasteiger partial charge on any atom is 0.311 e. The second-order valence-corrected chi connectivity index (χ2v) is 3.04. The van der Waals surface area contributed by atoms with Crippen LogP contribution >= 0.6 is 0 Å². The number of aromatic amines is 1. The van der Waals surface area contributed by atoms with E-state index in [1.54, 1.807) is 0 Å². The second kappa shape index (κ2) is 4.39. The monoisotopic (exact) mass is 233 g/mol. The lowest BCUT2D eigenvalue weighted by Gasteiger charge is -1.98. The molecule has 1 aromatic heterocycles. The fourth-order valence-electron chi connectivity index (χ4n) is 1.19. The molecule has 2 aromatic rings. The Bertz CT molecular complexity index is 564. The number of hydrogen-bond acceptors (Lipinski definition) is 6. The molecule has 2 N–H and O–H groups in total. The molecule has 0 radical (unpaired) electrons. The first-order chi connectivity index (χ1) is 8.18. The molecule has 1 aromatic carbocycles. The third-order valence-electron chi connectivity index (χ3n) is 1.97. The third-order valence-corrected chi connectivity index (χ3v) is 1.97. The number of hydrogen-bond donors (Lipinski definition) is 2. The Labute approximate surface area is 94.8 Å². The topological polar surface area (TPSA) is 117 Å². The fourth-order valence-corrected chi connectivity index (χ4v) is 1.19.